The lowest BCUT2D eigenvalue weighted by atomic mass is 9.89. The average Bonchev–Trinajstić information content (AvgIpc) is 2.72. The lowest BCUT2D eigenvalue weighted by molar-refractivity contribution is -0.130. The SMILES string of the molecule is O=C1NC(=S)N(C2CCCCC2)C(=O)/C1=C/c1cc2c3c(c1)CCCN3CCC2. The van der Waals surface area contributed by atoms with E-state index in [1.54, 1.807) is 11.0 Å². The second kappa shape index (κ2) is 7.56. The maximum absolute atomic E-state index is 13.3. The minimum Gasteiger partial charge on any atom is -0.371 e. The summed E-state index contributed by atoms with van der Waals surface area (Å²) in [7, 11) is 0. The number of hydrogen-bond acceptors (Lipinski definition) is 4. The summed E-state index contributed by atoms with van der Waals surface area (Å²) in [5.41, 5.74) is 5.26. The van der Waals surface area contributed by atoms with Crippen LogP contribution in [0.25, 0.3) is 6.08 Å². The van der Waals surface area contributed by atoms with Crippen molar-refractivity contribution in [3.05, 3.63) is 34.4 Å². The van der Waals surface area contributed by atoms with E-state index in [0.29, 0.717) is 0 Å². The molecule has 3 heterocycles. The molecule has 4 aliphatic rings. The summed E-state index contributed by atoms with van der Waals surface area (Å²) in [4.78, 5) is 30.0. The minimum absolute atomic E-state index is 0.103. The molecule has 0 radical (unpaired) electrons. The molecule has 0 aromatic heterocycles. The van der Waals surface area contributed by atoms with Gasteiger partial charge in [-0.05, 0) is 85.6 Å². The molecule has 1 aliphatic carbocycles. The van der Waals surface area contributed by atoms with Crippen molar-refractivity contribution in [2.75, 3.05) is 18.0 Å². The van der Waals surface area contributed by atoms with Crippen molar-refractivity contribution in [2.24, 2.45) is 0 Å². The Morgan fingerprint density at radius 3 is 2.28 bits per heavy atom. The number of carbonyl (C=O) groups excluding carboxylic acids is 2. The van der Waals surface area contributed by atoms with Crippen molar-refractivity contribution in [1.29, 1.82) is 0 Å². The third-order valence-corrected chi connectivity index (χ3v) is 7.04. The maximum atomic E-state index is 13.3. The van der Waals surface area contributed by atoms with E-state index < -0.39 is 0 Å². The summed E-state index contributed by atoms with van der Waals surface area (Å²) in [5.74, 6) is -0.612. The highest BCUT2D eigenvalue weighted by Gasteiger charge is 2.38. The van der Waals surface area contributed by atoms with Crippen molar-refractivity contribution >= 4 is 40.9 Å². The molecular formula is C23H27N3O2S. The first-order valence-corrected chi connectivity index (χ1v) is 11.3. The first-order valence-electron chi connectivity index (χ1n) is 10.9. The van der Waals surface area contributed by atoms with Gasteiger partial charge in [-0.3, -0.25) is 19.8 Å². The Morgan fingerprint density at radius 2 is 1.62 bits per heavy atom. The van der Waals surface area contributed by atoms with Crippen LogP contribution in [0.1, 0.15) is 61.6 Å². The van der Waals surface area contributed by atoms with E-state index in [9.17, 15) is 9.59 Å². The zero-order valence-corrected chi connectivity index (χ0v) is 17.5. The van der Waals surface area contributed by atoms with Crippen LogP contribution in [0, 0.1) is 0 Å². The number of aryl methyl sites for hydroxylation is 2. The molecule has 2 fully saturated rings. The van der Waals surface area contributed by atoms with Gasteiger partial charge in [0.15, 0.2) is 5.11 Å². The Balaban J connectivity index is 1.50. The van der Waals surface area contributed by atoms with Gasteiger partial charge in [0.2, 0.25) is 0 Å². The summed E-state index contributed by atoms with van der Waals surface area (Å²) >= 11 is 5.36. The van der Waals surface area contributed by atoms with Crippen molar-refractivity contribution < 1.29 is 9.59 Å². The first-order chi connectivity index (χ1) is 14.1. The molecule has 0 unspecified atom stereocenters. The number of anilines is 1. The molecular weight excluding hydrogens is 382 g/mol. The highest BCUT2D eigenvalue weighted by molar-refractivity contribution is 7.80. The molecule has 1 aromatic rings. The molecule has 0 spiro atoms. The minimum atomic E-state index is -0.375. The Morgan fingerprint density at radius 1 is 0.966 bits per heavy atom. The predicted molar refractivity (Wildman–Crippen MR) is 118 cm³/mol. The lowest BCUT2D eigenvalue weighted by Crippen LogP contribution is -2.57. The fourth-order valence-corrected chi connectivity index (χ4v) is 5.75. The highest BCUT2D eigenvalue weighted by Crippen LogP contribution is 2.36. The van der Waals surface area contributed by atoms with E-state index >= 15 is 0 Å². The third-order valence-electron chi connectivity index (χ3n) is 6.74. The van der Waals surface area contributed by atoms with E-state index in [1.165, 1.54) is 23.2 Å². The fraction of sp³-hybridized carbons (Fsp3) is 0.522. The number of carbonyl (C=O) groups is 2. The number of hydrogen-bond donors (Lipinski definition) is 1. The lowest BCUT2D eigenvalue weighted by Gasteiger charge is -2.38. The second-order valence-electron chi connectivity index (χ2n) is 8.67. The van der Waals surface area contributed by atoms with E-state index in [1.807, 2.05) is 0 Å². The van der Waals surface area contributed by atoms with Gasteiger partial charge in [-0.25, -0.2) is 0 Å². The van der Waals surface area contributed by atoms with Crippen LogP contribution in [0.3, 0.4) is 0 Å². The van der Waals surface area contributed by atoms with E-state index in [4.69, 9.17) is 12.2 Å². The van der Waals surface area contributed by atoms with E-state index in [2.05, 4.69) is 22.3 Å². The van der Waals surface area contributed by atoms with Crippen LogP contribution in [0.5, 0.6) is 0 Å². The average molecular weight is 410 g/mol. The standard InChI is InChI=1S/C23H27N3O2S/c27-21-19(22(28)26(23(29)24-21)18-8-2-1-3-9-18)14-15-12-16-6-4-10-25-11-5-7-17(13-15)20(16)25/h12-14,18H,1-11H2,(H,24,27,29)/b19-14+. The molecule has 1 saturated heterocycles. The molecule has 5 rings (SSSR count). The van der Waals surface area contributed by atoms with E-state index in [0.717, 1.165) is 70.0 Å². The van der Waals surface area contributed by atoms with Gasteiger partial charge >= 0.3 is 0 Å². The topological polar surface area (TPSA) is 52.7 Å². The summed E-state index contributed by atoms with van der Waals surface area (Å²) in [5, 5.41) is 3.02. The third kappa shape index (κ3) is 3.37. The van der Waals surface area contributed by atoms with Gasteiger partial charge in [0, 0.05) is 24.8 Å². The van der Waals surface area contributed by atoms with Gasteiger partial charge in [0.05, 0.1) is 0 Å². The Bertz CT molecular complexity index is 886. The molecule has 152 valence electrons. The number of rotatable bonds is 2. The van der Waals surface area contributed by atoms with Crippen LogP contribution in [-0.4, -0.2) is 41.0 Å². The molecule has 0 atom stereocenters. The number of amides is 2. The van der Waals surface area contributed by atoms with Crippen molar-refractivity contribution in [1.82, 2.24) is 10.2 Å². The number of nitrogens with zero attached hydrogens (tertiary/aromatic N) is 2. The molecule has 1 saturated carbocycles. The van der Waals surface area contributed by atoms with Gasteiger partial charge in [-0.15, -0.1) is 0 Å². The Hall–Kier alpha value is -2.21. The quantitative estimate of drug-likeness (QED) is 0.462. The first kappa shape index (κ1) is 18.8. The van der Waals surface area contributed by atoms with Gasteiger partial charge < -0.3 is 4.90 Å². The molecule has 2 amide bonds. The number of nitrogens with one attached hydrogen (secondary N) is 1. The fourth-order valence-electron chi connectivity index (χ4n) is 5.42. The van der Waals surface area contributed by atoms with Gasteiger partial charge in [0.25, 0.3) is 11.8 Å². The van der Waals surface area contributed by atoms with Crippen LogP contribution >= 0.6 is 12.2 Å². The Labute approximate surface area is 177 Å². The van der Waals surface area contributed by atoms with Gasteiger partial charge in [0.1, 0.15) is 5.57 Å². The smallest absolute Gasteiger partial charge is 0.265 e. The molecule has 5 nitrogen and oxygen atoms in total. The van der Waals surface area contributed by atoms with Crippen LogP contribution in [0.2, 0.25) is 0 Å². The van der Waals surface area contributed by atoms with Crippen molar-refractivity contribution in [2.45, 2.75) is 63.8 Å². The maximum Gasteiger partial charge on any atom is 0.265 e. The van der Waals surface area contributed by atoms with Crippen LogP contribution in [-0.2, 0) is 22.4 Å². The molecule has 1 aromatic carbocycles. The monoisotopic (exact) mass is 409 g/mol. The molecule has 0 bridgehead atoms. The summed E-state index contributed by atoms with van der Waals surface area (Å²) in [6, 6.07) is 4.44. The number of thiocarbonyl (C=S) groups is 1. The van der Waals surface area contributed by atoms with Gasteiger partial charge in [-0.2, -0.15) is 0 Å². The van der Waals surface area contributed by atoms with E-state index in [-0.39, 0.29) is 28.5 Å². The Kier molecular flexibility index (Phi) is 4.90. The number of benzene rings is 1. The summed E-state index contributed by atoms with van der Waals surface area (Å²) < 4.78 is 0. The molecule has 6 heteroatoms. The van der Waals surface area contributed by atoms with Gasteiger partial charge in [-0.1, -0.05) is 19.3 Å². The molecule has 3 aliphatic heterocycles. The summed E-state index contributed by atoms with van der Waals surface area (Å²) in [6.45, 7) is 2.27. The predicted octanol–water partition coefficient (Wildman–Crippen LogP) is 3.34. The highest BCUT2D eigenvalue weighted by atomic mass is 32.1. The van der Waals surface area contributed by atoms with Crippen LogP contribution in [0.4, 0.5) is 5.69 Å². The summed E-state index contributed by atoms with van der Waals surface area (Å²) in [6.07, 6.45) is 11.5. The van der Waals surface area contributed by atoms with Crippen LogP contribution in [0.15, 0.2) is 17.7 Å². The van der Waals surface area contributed by atoms with Crippen molar-refractivity contribution in [3.63, 3.8) is 0 Å². The van der Waals surface area contributed by atoms with Crippen molar-refractivity contribution in [3.8, 4) is 0 Å². The second-order valence-corrected chi connectivity index (χ2v) is 9.05. The largest absolute Gasteiger partial charge is 0.371 e. The normalized spacial score (nSPS) is 24.0. The van der Waals surface area contributed by atoms with Crippen LogP contribution < -0.4 is 10.2 Å². The molecule has 29 heavy (non-hydrogen) atoms. The zero-order valence-electron chi connectivity index (χ0n) is 16.7. The zero-order chi connectivity index (χ0) is 20.0. The molecule has 1 N–H and O–H groups in total.